The highest BCUT2D eigenvalue weighted by Crippen LogP contribution is 2.27. The highest BCUT2D eigenvalue weighted by Gasteiger charge is 2.19. The van der Waals surface area contributed by atoms with Gasteiger partial charge in [-0.3, -0.25) is 4.79 Å². The summed E-state index contributed by atoms with van der Waals surface area (Å²) in [6.45, 7) is 9.23. The Labute approximate surface area is 275 Å². The van der Waals surface area contributed by atoms with E-state index in [0.717, 1.165) is 58.0 Å². The number of hydrogen-bond donors (Lipinski definition) is 1. The third kappa shape index (κ3) is 8.30. The lowest BCUT2D eigenvalue weighted by atomic mass is 10.1. The van der Waals surface area contributed by atoms with Crippen molar-refractivity contribution in [3.05, 3.63) is 100 Å². The number of phenolic OH excluding ortho intramolecular Hbond substituents is 1. The van der Waals surface area contributed by atoms with Crippen LogP contribution in [0.4, 0.5) is 0 Å². The van der Waals surface area contributed by atoms with Gasteiger partial charge in [-0.15, -0.1) is 0 Å². The van der Waals surface area contributed by atoms with Crippen LogP contribution in [0.15, 0.2) is 72.3 Å². The number of aromatic hydroxyl groups is 1. The van der Waals surface area contributed by atoms with Crippen LogP contribution in [0.5, 0.6) is 11.5 Å². The maximum Gasteiger partial charge on any atom is 0.354 e. The molecule has 246 valence electrons. The smallest absolute Gasteiger partial charge is 0.354 e. The highest BCUT2D eigenvalue weighted by atomic mass is 16.5. The van der Waals surface area contributed by atoms with Gasteiger partial charge in [0.1, 0.15) is 17.2 Å². The number of ether oxygens (including phenoxy) is 3. The van der Waals surface area contributed by atoms with Gasteiger partial charge < -0.3 is 28.5 Å². The molecule has 1 N–H and O–H groups in total. The number of carbonyl (C=O) groups excluding carboxylic acids is 3. The van der Waals surface area contributed by atoms with Gasteiger partial charge in [0.25, 0.3) is 0 Å². The van der Waals surface area contributed by atoms with Crippen LogP contribution >= 0.6 is 0 Å². The van der Waals surface area contributed by atoms with Gasteiger partial charge in [-0.05, 0) is 92.9 Å². The summed E-state index contributed by atoms with van der Waals surface area (Å²) in [5, 5.41) is 11.2. The summed E-state index contributed by atoms with van der Waals surface area (Å²) >= 11 is 0. The van der Waals surface area contributed by atoms with Crippen molar-refractivity contribution in [3.63, 3.8) is 0 Å². The SMILES string of the molecule is CCCOc1ccc2c(c1)cc(C=O)n2C.CCOC(=O)C1=Cc2cc(C)ccc2C1.CCOC(=O)c1cc2cc(O)ccc2n1C. The zero-order chi connectivity index (χ0) is 34.1. The molecule has 9 nitrogen and oxygen atoms in total. The largest absolute Gasteiger partial charge is 0.508 e. The first-order chi connectivity index (χ1) is 22.6. The molecular formula is C38H42N2O7. The molecule has 9 heteroatoms. The first kappa shape index (κ1) is 34.6. The van der Waals surface area contributed by atoms with E-state index < -0.39 is 0 Å². The molecule has 47 heavy (non-hydrogen) atoms. The van der Waals surface area contributed by atoms with Gasteiger partial charge in [-0.1, -0.05) is 30.7 Å². The number of nitrogens with zero attached hydrogens (tertiary/aromatic N) is 2. The van der Waals surface area contributed by atoms with Crippen molar-refractivity contribution >= 4 is 46.1 Å². The van der Waals surface area contributed by atoms with Crippen molar-refractivity contribution in [1.82, 2.24) is 9.13 Å². The maximum atomic E-state index is 11.6. The van der Waals surface area contributed by atoms with E-state index in [4.69, 9.17) is 14.2 Å². The van der Waals surface area contributed by atoms with Gasteiger partial charge in [-0.25, -0.2) is 9.59 Å². The van der Waals surface area contributed by atoms with Crippen LogP contribution in [-0.2, 0) is 34.8 Å². The predicted octanol–water partition coefficient (Wildman–Crippen LogP) is 7.34. The van der Waals surface area contributed by atoms with Gasteiger partial charge in [0.2, 0.25) is 0 Å². The average Bonchev–Trinajstić information content (AvgIpc) is 3.73. The van der Waals surface area contributed by atoms with E-state index in [1.165, 1.54) is 11.1 Å². The zero-order valence-electron chi connectivity index (χ0n) is 27.8. The number of esters is 2. The van der Waals surface area contributed by atoms with Gasteiger partial charge in [0.05, 0.1) is 25.5 Å². The fourth-order valence-electron chi connectivity index (χ4n) is 5.32. The molecule has 0 unspecified atom stereocenters. The standard InChI is InChI=1S/C13H15NO2.C13H14O2.C12H13NO3/c1-3-6-16-12-4-5-13-10(8-12)7-11(9-15)14(13)2;1-3-15-13(14)12-7-10-5-4-9(2)6-11(10)8-12;1-3-16-12(15)11-7-8-6-9(14)4-5-10(8)13(11)2/h4-5,7-9H,3,6H2,1-2H3;4-6,8H,3,7H2,1-2H3;4-7,14H,3H2,1-2H3. The lowest BCUT2D eigenvalue weighted by Crippen LogP contribution is -2.09. The van der Waals surface area contributed by atoms with Crippen molar-refractivity contribution in [3.8, 4) is 11.5 Å². The second-order valence-electron chi connectivity index (χ2n) is 11.1. The van der Waals surface area contributed by atoms with Crippen molar-refractivity contribution in [2.45, 2.75) is 40.5 Å². The quantitative estimate of drug-likeness (QED) is 0.140. The minimum atomic E-state index is -0.347. The summed E-state index contributed by atoms with van der Waals surface area (Å²) in [5.41, 5.74) is 7.45. The number of aryl methyl sites for hydroxylation is 3. The van der Waals surface area contributed by atoms with Crippen molar-refractivity contribution < 1.29 is 33.7 Å². The molecule has 0 radical (unpaired) electrons. The van der Waals surface area contributed by atoms with E-state index >= 15 is 0 Å². The summed E-state index contributed by atoms with van der Waals surface area (Å²) in [4.78, 5) is 33.9. The number of benzene rings is 3. The number of aldehydes is 1. The normalized spacial score (nSPS) is 11.5. The number of fused-ring (bicyclic) bond motifs is 3. The molecule has 0 atom stereocenters. The van der Waals surface area contributed by atoms with Crippen LogP contribution in [0.3, 0.4) is 0 Å². The van der Waals surface area contributed by atoms with Crippen LogP contribution in [0, 0.1) is 6.92 Å². The summed E-state index contributed by atoms with van der Waals surface area (Å²) in [7, 11) is 3.68. The molecule has 0 fully saturated rings. The first-order valence-corrected chi connectivity index (χ1v) is 15.7. The molecule has 1 aliphatic rings. The van der Waals surface area contributed by atoms with Crippen molar-refractivity contribution in [2.24, 2.45) is 14.1 Å². The number of aromatic nitrogens is 2. The third-order valence-electron chi connectivity index (χ3n) is 7.70. The molecule has 6 rings (SSSR count). The Morgan fingerprint density at radius 1 is 0.830 bits per heavy atom. The number of rotatable bonds is 8. The Morgan fingerprint density at radius 2 is 1.51 bits per heavy atom. The predicted molar refractivity (Wildman–Crippen MR) is 184 cm³/mol. The third-order valence-corrected chi connectivity index (χ3v) is 7.70. The molecule has 0 aliphatic heterocycles. The first-order valence-electron chi connectivity index (χ1n) is 15.7. The molecule has 1 aliphatic carbocycles. The second-order valence-corrected chi connectivity index (χ2v) is 11.1. The van der Waals surface area contributed by atoms with Crippen LogP contribution < -0.4 is 4.74 Å². The van der Waals surface area contributed by atoms with Crippen LogP contribution in [-0.4, -0.2) is 52.3 Å². The molecule has 0 bridgehead atoms. The van der Waals surface area contributed by atoms with Crippen LogP contribution in [0.1, 0.15) is 64.9 Å². The van der Waals surface area contributed by atoms with Crippen LogP contribution in [0.25, 0.3) is 27.9 Å². The van der Waals surface area contributed by atoms with Gasteiger partial charge >= 0.3 is 11.9 Å². The zero-order valence-corrected chi connectivity index (χ0v) is 27.8. The molecule has 2 aromatic heterocycles. The number of phenols is 1. The molecule has 0 saturated heterocycles. The minimum absolute atomic E-state index is 0.188. The lowest BCUT2D eigenvalue weighted by Gasteiger charge is -2.04. The molecule has 2 heterocycles. The molecule has 0 saturated carbocycles. The Bertz CT molecular complexity index is 1930. The summed E-state index contributed by atoms with van der Waals surface area (Å²) in [6, 6.07) is 20.7. The summed E-state index contributed by atoms with van der Waals surface area (Å²) in [5.74, 6) is 0.512. The van der Waals surface area contributed by atoms with E-state index in [9.17, 15) is 19.5 Å². The Hall–Kier alpha value is -5.31. The topological polar surface area (TPSA) is 109 Å². The molecular weight excluding hydrogens is 596 g/mol. The summed E-state index contributed by atoms with van der Waals surface area (Å²) < 4.78 is 19.1. The molecule has 3 aromatic carbocycles. The Balaban J connectivity index is 0.000000160. The number of carbonyl (C=O) groups is 3. The van der Waals surface area contributed by atoms with Gasteiger partial charge in [-0.2, -0.15) is 0 Å². The van der Waals surface area contributed by atoms with E-state index in [-0.39, 0.29) is 17.7 Å². The van der Waals surface area contributed by atoms with E-state index in [1.807, 2.05) is 48.9 Å². The number of hydrogen-bond acceptors (Lipinski definition) is 7. The van der Waals surface area contributed by atoms with Crippen molar-refractivity contribution in [1.29, 1.82) is 0 Å². The highest BCUT2D eigenvalue weighted by molar-refractivity contribution is 5.97. The Morgan fingerprint density at radius 3 is 2.21 bits per heavy atom. The fourth-order valence-corrected chi connectivity index (χ4v) is 5.32. The van der Waals surface area contributed by atoms with E-state index in [2.05, 4.69) is 32.0 Å². The van der Waals surface area contributed by atoms with Crippen molar-refractivity contribution in [2.75, 3.05) is 19.8 Å². The molecule has 0 amide bonds. The monoisotopic (exact) mass is 638 g/mol. The summed E-state index contributed by atoms with van der Waals surface area (Å²) in [6.07, 6.45) is 4.49. The fraction of sp³-hybridized carbons (Fsp3) is 0.289. The van der Waals surface area contributed by atoms with E-state index in [1.54, 1.807) is 42.8 Å². The second kappa shape index (κ2) is 15.8. The van der Waals surface area contributed by atoms with Crippen LogP contribution in [0.2, 0.25) is 0 Å². The molecule has 5 aromatic rings. The lowest BCUT2D eigenvalue weighted by molar-refractivity contribution is -0.138. The average molecular weight is 639 g/mol. The van der Waals surface area contributed by atoms with Gasteiger partial charge in [0, 0.05) is 47.9 Å². The van der Waals surface area contributed by atoms with Gasteiger partial charge in [0.15, 0.2) is 6.29 Å². The minimum Gasteiger partial charge on any atom is -0.508 e. The Kier molecular flexibility index (Phi) is 11.6. The maximum absolute atomic E-state index is 11.6. The van der Waals surface area contributed by atoms with E-state index in [0.29, 0.717) is 31.0 Å². The molecule has 0 spiro atoms.